The molecule has 0 amide bonds. The van der Waals surface area contributed by atoms with Gasteiger partial charge >= 0.3 is 0 Å². The van der Waals surface area contributed by atoms with Gasteiger partial charge in [0, 0.05) is 17.2 Å². The number of carbonyl (C=O) groups is 1. The predicted octanol–water partition coefficient (Wildman–Crippen LogP) is 6.39. The van der Waals surface area contributed by atoms with Crippen LogP contribution in [0.5, 0.6) is 11.5 Å². The van der Waals surface area contributed by atoms with Crippen LogP contribution in [0.15, 0.2) is 66.7 Å². The Bertz CT molecular complexity index is 1160. The fourth-order valence-corrected chi connectivity index (χ4v) is 3.08. The highest BCUT2D eigenvalue weighted by Gasteiger charge is 2.10. The van der Waals surface area contributed by atoms with E-state index in [9.17, 15) is 14.9 Å². The Balaban J connectivity index is 1.76. The van der Waals surface area contributed by atoms with Gasteiger partial charge in [0.25, 0.3) is 5.69 Å². The highest BCUT2D eigenvalue weighted by atomic mass is 35.5. The monoisotopic (exact) mass is 457 g/mol. The highest BCUT2D eigenvalue weighted by Crippen LogP contribution is 2.26. The number of hydrogen-bond acceptors (Lipinski definition) is 5. The molecular formula is C23H17Cl2NO5. The van der Waals surface area contributed by atoms with Crippen molar-refractivity contribution < 1.29 is 19.2 Å². The predicted molar refractivity (Wildman–Crippen MR) is 120 cm³/mol. The third kappa shape index (κ3) is 5.84. The molecule has 0 aromatic heterocycles. The number of allylic oxidation sites excluding steroid dienone is 1. The number of ketones is 1. The molecule has 0 saturated heterocycles. The molecule has 0 spiro atoms. The molecule has 0 unspecified atom stereocenters. The zero-order valence-electron chi connectivity index (χ0n) is 16.4. The van der Waals surface area contributed by atoms with Gasteiger partial charge in [-0.2, -0.15) is 0 Å². The number of rotatable bonds is 8. The molecule has 3 aromatic carbocycles. The molecule has 3 rings (SSSR count). The molecule has 0 saturated carbocycles. The van der Waals surface area contributed by atoms with E-state index in [1.165, 1.54) is 31.4 Å². The standard InChI is InChI=1S/C23H17Cl2NO5/c1-30-23-10-6-15(5-9-22(27)16-7-8-20(24)21(25)12-16)11-17(23)14-31-19-4-2-3-18(13-19)26(28)29/h2-13H,14H2,1H3/b9-5+. The van der Waals surface area contributed by atoms with E-state index in [-0.39, 0.29) is 18.1 Å². The summed E-state index contributed by atoms with van der Waals surface area (Å²) < 4.78 is 11.1. The van der Waals surface area contributed by atoms with E-state index in [1.807, 2.05) is 6.07 Å². The molecule has 8 heteroatoms. The smallest absolute Gasteiger partial charge is 0.273 e. The molecule has 0 aliphatic rings. The van der Waals surface area contributed by atoms with Crippen LogP contribution in [0.25, 0.3) is 6.08 Å². The maximum absolute atomic E-state index is 12.4. The Morgan fingerprint density at radius 3 is 2.58 bits per heavy atom. The summed E-state index contributed by atoms with van der Waals surface area (Å²) in [6, 6.07) is 16.0. The lowest BCUT2D eigenvalue weighted by molar-refractivity contribution is -0.384. The van der Waals surface area contributed by atoms with Crippen LogP contribution in [0.4, 0.5) is 5.69 Å². The number of ether oxygens (including phenoxy) is 2. The van der Waals surface area contributed by atoms with Gasteiger partial charge < -0.3 is 9.47 Å². The normalized spacial score (nSPS) is 10.8. The summed E-state index contributed by atoms with van der Waals surface area (Å²) in [7, 11) is 1.54. The number of hydrogen-bond donors (Lipinski definition) is 0. The van der Waals surface area contributed by atoms with Gasteiger partial charge in [0.2, 0.25) is 0 Å². The first-order valence-corrected chi connectivity index (χ1v) is 9.84. The maximum Gasteiger partial charge on any atom is 0.273 e. The first kappa shape index (κ1) is 22.3. The quantitative estimate of drug-likeness (QED) is 0.169. The Labute approximate surface area is 188 Å². The van der Waals surface area contributed by atoms with Gasteiger partial charge in [-0.3, -0.25) is 14.9 Å². The average Bonchev–Trinajstić information content (AvgIpc) is 2.78. The van der Waals surface area contributed by atoms with Crippen LogP contribution in [0.2, 0.25) is 10.0 Å². The number of nitro benzene ring substituents is 1. The SMILES string of the molecule is COc1ccc(/C=C/C(=O)c2ccc(Cl)c(Cl)c2)cc1COc1cccc([N+](=O)[O-])c1. The zero-order chi connectivity index (χ0) is 22.4. The van der Waals surface area contributed by atoms with Crippen molar-refractivity contribution in [2.45, 2.75) is 6.61 Å². The summed E-state index contributed by atoms with van der Waals surface area (Å²) in [5.41, 5.74) is 1.85. The van der Waals surface area contributed by atoms with E-state index in [1.54, 1.807) is 42.5 Å². The Hall–Kier alpha value is -3.35. The van der Waals surface area contributed by atoms with Crippen molar-refractivity contribution in [3.05, 3.63) is 104 Å². The largest absolute Gasteiger partial charge is 0.496 e. The van der Waals surface area contributed by atoms with Crippen molar-refractivity contribution >= 4 is 40.7 Å². The molecule has 0 bridgehead atoms. The summed E-state index contributed by atoms with van der Waals surface area (Å²) in [5.74, 6) is 0.745. The van der Waals surface area contributed by atoms with Crippen LogP contribution in [0.3, 0.4) is 0 Å². The fraction of sp³-hybridized carbons (Fsp3) is 0.0870. The minimum absolute atomic E-state index is 0.0537. The topological polar surface area (TPSA) is 78.7 Å². The molecule has 0 aliphatic carbocycles. The van der Waals surface area contributed by atoms with Crippen LogP contribution in [0, 0.1) is 10.1 Å². The van der Waals surface area contributed by atoms with Crippen LogP contribution >= 0.6 is 23.2 Å². The third-order valence-electron chi connectivity index (χ3n) is 4.36. The van der Waals surface area contributed by atoms with Gasteiger partial charge in [0.05, 0.1) is 28.1 Å². The zero-order valence-corrected chi connectivity index (χ0v) is 17.9. The van der Waals surface area contributed by atoms with Crippen LogP contribution in [0.1, 0.15) is 21.5 Å². The van der Waals surface area contributed by atoms with Crippen LogP contribution in [-0.2, 0) is 6.61 Å². The Morgan fingerprint density at radius 1 is 1.06 bits per heavy atom. The summed E-state index contributed by atoms with van der Waals surface area (Å²) in [5, 5.41) is 11.6. The van der Waals surface area contributed by atoms with Crippen molar-refractivity contribution in [2.75, 3.05) is 7.11 Å². The van der Waals surface area contributed by atoms with E-state index in [0.29, 0.717) is 27.1 Å². The maximum atomic E-state index is 12.4. The minimum atomic E-state index is -0.482. The molecular weight excluding hydrogens is 441 g/mol. The molecule has 0 fully saturated rings. The van der Waals surface area contributed by atoms with E-state index in [2.05, 4.69) is 0 Å². The Morgan fingerprint density at radius 2 is 1.87 bits per heavy atom. The highest BCUT2D eigenvalue weighted by molar-refractivity contribution is 6.42. The van der Waals surface area contributed by atoms with Crippen molar-refractivity contribution in [3.63, 3.8) is 0 Å². The molecule has 0 aliphatic heterocycles. The van der Waals surface area contributed by atoms with Gasteiger partial charge in [-0.25, -0.2) is 0 Å². The molecule has 0 heterocycles. The van der Waals surface area contributed by atoms with Crippen molar-refractivity contribution in [1.82, 2.24) is 0 Å². The minimum Gasteiger partial charge on any atom is -0.496 e. The second kappa shape index (κ2) is 10.1. The van der Waals surface area contributed by atoms with Crippen LogP contribution < -0.4 is 9.47 Å². The van der Waals surface area contributed by atoms with Gasteiger partial charge in [-0.05, 0) is 48.0 Å². The first-order valence-electron chi connectivity index (χ1n) is 9.09. The van der Waals surface area contributed by atoms with Gasteiger partial charge in [-0.15, -0.1) is 0 Å². The average molecular weight is 458 g/mol. The summed E-state index contributed by atoms with van der Waals surface area (Å²) in [4.78, 5) is 22.8. The number of nitrogens with zero attached hydrogens (tertiary/aromatic N) is 1. The number of carbonyl (C=O) groups excluding carboxylic acids is 1. The van der Waals surface area contributed by atoms with Gasteiger partial charge in [0.1, 0.15) is 18.1 Å². The third-order valence-corrected chi connectivity index (χ3v) is 5.10. The van der Waals surface area contributed by atoms with E-state index in [4.69, 9.17) is 32.7 Å². The van der Waals surface area contributed by atoms with Crippen molar-refractivity contribution in [3.8, 4) is 11.5 Å². The molecule has 0 radical (unpaired) electrons. The summed E-state index contributed by atoms with van der Waals surface area (Å²) >= 11 is 11.9. The van der Waals surface area contributed by atoms with Gasteiger partial charge in [-0.1, -0.05) is 41.4 Å². The lowest BCUT2D eigenvalue weighted by atomic mass is 10.1. The van der Waals surface area contributed by atoms with E-state index >= 15 is 0 Å². The van der Waals surface area contributed by atoms with E-state index in [0.717, 1.165) is 11.1 Å². The van der Waals surface area contributed by atoms with Crippen LogP contribution in [-0.4, -0.2) is 17.8 Å². The lowest BCUT2D eigenvalue weighted by Crippen LogP contribution is -2.00. The lowest BCUT2D eigenvalue weighted by Gasteiger charge is -2.11. The van der Waals surface area contributed by atoms with Crippen molar-refractivity contribution in [1.29, 1.82) is 0 Å². The second-order valence-electron chi connectivity index (χ2n) is 6.44. The number of benzene rings is 3. The molecule has 0 atom stereocenters. The number of nitro groups is 1. The molecule has 3 aromatic rings. The second-order valence-corrected chi connectivity index (χ2v) is 7.26. The number of non-ortho nitro benzene ring substituents is 1. The molecule has 6 nitrogen and oxygen atoms in total. The molecule has 158 valence electrons. The first-order chi connectivity index (χ1) is 14.9. The molecule has 31 heavy (non-hydrogen) atoms. The Kier molecular flexibility index (Phi) is 7.28. The van der Waals surface area contributed by atoms with E-state index < -0.39 is 4.92 Å². The number of methoxy groups -OCH3 is 1. The molecule has 0 N–H and O–H groups in total. The van der Waals surface area contributed by atoms with Gasteiger partial charge in [0.15, 0.2) is 5.78 Å². The number of halogens is 2. The fourth-order valence-electron chi connectivity index (χ4n) is 2.78. The van der Waals surface area contributed by atoms with Crippen molar-refractivity contribution in [2.24, 2.45) is 0 Å². The summed E-state index contributed by atoms with van der Waals surface area (Å²) in [6.07, 6.45) is 3.10. The summed E-state index contributed by atoms with van der Waals surface area (Å²) in [6.45, 7) is 0.132.